The number of aromatic nitrogens is 2. The second-order valence-corrected chi connectivity index (χ2v) is 7.83. The van der Waals surface area contributed by atoms with Gasteiger partial charge in [-0.05, 0) is 55.2 Å². The number of carbonyl (C=O) groups is 2. The highest BCUT2D eigenvalue weighted by Crippen LogP contribution is 2.32. The van der Waals surface area contributed by atoms with Gasteiger partial charge < -0.3 is 4.90 Å². The van der Waals surface area contributed by atoms with Crippen molar-refractivity contribution in [2.45, 2.75) is 26.8 Å². The Labute approximate surface area is 188 Å². The summed E-state index contributed by atoms with van der Waals surface area (Å²) in [6, 6.07) is 15.4. The number of imide groups is 1. The normalized spacial score (nSPS) is 13.8. The highest BCUT2D eigenvalue weighted by molar-refractivity contribution is 6.35. The van der Waals surface area contributed by atoms with Crippen LogP contribution in [-0.2, 0) is 22.6 Å². The van der Waals surface area contributed by atoms with Gasteiger partial charge in [-0.2, -0.15) is 0 Å². The van der Waals surface area contributed by atoms with Crippen LogP contribution in [0.15, 0.2) is 79.0 Å². The van der Waals surface area contributed by atoms with Crippen molar-refractivity contribution in [2.24, 2.45) is 0 Å². The van der Waals surface area contributed by atoms with E-state index in [4.69, 9.17) is 0 Å². The molecule has 162 valence electrons. The first kappa shape index (κ1) is 21.4. The van der Waals surface area contributed by atoms with Crippen molar-refractivity contribution >= 4 is 17.4 Å². The summed E-state index contributed by atoms with van der Waals surface area (Å²) < 4.78 is 0. The van der Waals surface area contributed by atoms with Gasteiger partial charge in [-0.3, -0.25) is 24.5 Å². The Morgan fingerprint density at radius 1 is 0.875 bits per heavy atom. The second kappa shape index (κ2) is 9.56. The second-order valence-electron chi connectivity index (χ2n) is 7.83. The summed E-state index contributed by atoms with van der Waals surface area (Å²) in [7, 11) is 0. The van der Waals surface area contributed by atoms with E-state index < -0.39 is 0 Å². The van der Waals surface area contributed by atoms with Crippen LogP contribution in [0.3, 0.4) is 0 Å². The van der Waals surface area contributed by atoms with E-state index in [-0.39, 0.29) is 18.4 Å². The van der Waals surface area contributed by atoms with Crippen LogP contribution < -0.4 is 0 Å². The summed E-state index contributed by atoms with van der Waals surface area (Å²) in [5, 5.41) is 0. The van der Waals surface area contributed by atoms with Gasteiger partial charge in [-0.1, -0.05) is 35.9 Å². The number of hydrogen-bond donors (Lipinski definition) is 0. The van der Waals surface area contributed by atoms with Crippen LogP contribution in [0.1, 0.15) is 29.2 Å². The number of amides is 2. The Hall–Kier alpha value is -3.80. The van der Waals surface area contributed by atoms with Crippen molar-refractivity contribution in [2.75, 3.05) is 13.1 Å². The van der Waals surface area contributed by atoms with Crippen LogP contribution in [0.4, 0.5) is 0 Å². The van der Waals surface area contributed by atoms with Gasteiger partial charge in [-0.25, -0.2) is 0 Å². The van der Waals surface area contributed by atoms with E-state index in [0.29, 0.717) is 24.4 Å². The maximum Gasteiger partial charge on any atom is 0.278 e. The van der Waals surface area contributed by atoms with Gasteiger partial charge in [0.05, 0.1) is 12.1 Å². The van der Waals surface area contributed by atoms with Gasteiger partial charge in [0, 0.05) is 37.9 Å². The Kier molecular flexibility index (Phi) is 6.40. The molecule has 1 aliphatic heterocycles. The van der Waals surface area contributed by atoms with E-state index in [0.717, 1.165) is 28.7 Å². The summed E-state index contributed by atoms with van der Waals surface area (Å²) in [6.07, 6.45) is 7.65. The number of benzene rings is 1. The molecule has 1 aliphatic rings. The van der Waals surface area contributed by atoms with Gasteiger partial charge in [0.2, 0.25) is 0 Å². The molecule has 3 aromatic rings. The molecule has 0 N–H and O–H groups in total. The number of pyridine rings is 2. The van der Waals surface area contributed by atoms with Crippen LogP contribution in [0.2, 0.25) is 0 Å². The van der Waals surface area contributed by atoms with Gasteiger partial charge in [0.15, 0.2) is 0 Å². The van der Waals surface area contributed by atoms with E-state index in [1.807, 2.05) is 67.3 Å². The number of carbonyl (C=O) groups excluding carboxylic acids is 2. The molecule has 6 heteroatoms. The van der Waals surface area contributed by atoms with Crippen molar-refractivity contribution in [1.29, 1.82) is 0 Å². The Morgan fingerprint density at radius 3 is 2.28 bits per heavy atom. The topological polar surface area (TPSA) is 66.4 Å². The lowest BCUT2D eigenvalue weighted by molar-refractivity contribution is -0.138. The number of aryl methyl sites for hydroxylation is 1. The molecule has 2 aromatic heterocycles. The number of hydrogen-bond acceptors (Lipinski definition) is 5. The minimum absolute atomic E-state index is 0.201. The van der Waals surface area contributed by atoms with Crippen molar-refractivity contribution < 1.29 is 9.59 Å². The molecule has 0 aliphatic carbocycles. The first-order valence-electron chi connectivity index (χ1n) is 10.8. The lowest BCUT2D eigenvalue weighted by Crippen LogP contribution is -2.35. The maximum atomic E-state index is 13.6. The Balaban J connectivity index is 1.69. The summed E-state index contributed by atoms with van der Waals surface area (Å²) in [6.45, 7) is 5.46. The zero-order chi connectivity index (χ0) is 22.5. The van der Waals surface area contributed by atoms with Crippen molar-refractivity contribution in [3.63, 3.8) is 0 Å². The van der Waals surface area contributed by atoms with Crippen LogP contribution in [0.25, 0.3) is 5.57 Å². The minimum Gasteiger partial charge on any atom is -0.366 e. The van der Waals surface area contributed by atoms with Crippen LogP contribution in [0.5, 0.6) is 0 Å². The van der Waals surface area contributed by atoms with E-state index in [1.165, 1.54) is 4.90 Å². The maximum absolute atomic E-state index is 13.6. The third-order valence-electron chi connectivity index (χ3n) is 5.66. The van der Waals surface area contributed by atoms with Crippen molar-refractivity contribution in [1.82, 2.24) is 19.8 Å². The Morgan fingerprint density at radius 2 is 1.62 bits per heavy atom. The molecule has 4 rings (SSSR count). The first-order valence-corrected chi connectivity index (χ1v) is 10.8. The predicted molar refractivity (Wildman–Crippen MR) is 123 cm³/mol. The largest absolute Gasteiger partial charge is 0.366 e. The zero-order valence-corrected chi connectivity index (χ0v) is 18.4. The molecule has 0 unspecified atom stereocenters. The zero-order valence-electron chi connectivity index (χ0n) is 18.4. The minimum atomic E-state index is -0.264. The Bertz CT molecular complexity index is 1130. The third-order valence-corrected chi connectivity index (χ3v) is 5.66. The van der Waals surface area contributed by atoms with E-state index in [1.54, 1.807) is 24.8 Å². The molecule has 0 radical (unpaired) electrons. The highest BCUT2D eigenvalue weighted by Gasteiger charge is 2.41. The molecule has 2 amide bonds. The predicted octanol–water partition coefficient (Wildman–Crippen LogP) is 3.63. The fraction of sp³-hybridized carbons (Fsp3) is 0.231. The molecule has 0 atom stereocenters. The van der Waals surface area contributed by atoms with E-state index in [2.05, 4.69) is 9.97 Å². The average molecular weight is 427 g/mol. The van der Waals surface area contributed by atoms with Crippen LogP contribution in [0, 0.1) is 6.92 Å². The van der Waals surface area contributed by atoms with Gasteiger partial charge in [0.1, 0.15) is 5.70 Å². The molecule has 0 saturated heterocycles. The van der Waals surface area contributed by atoms with Gasteiger partial charge in [0.25, 0.3) is 11.8 Å². The number of nitrogens with zero attached hydrogens (tertiary/aromatic N) is 4. The summed E-state index contributed by atoms with van der Waals surface area (Å²) in [4.78, 5) is 38.6. The van der Waals surface area contributed by atoms with Crippen LogP contribution in [-0.4, -0.2) is 44.7 Å². The molecule has 0 bridgehead atoms. The third kappa shape index (κ3) is 4.44. The number of rotatable bonds is 8. The SMILES string of the molecule is CCN(CCc1ccncc1)C1=C(c2ccc(C)cc2)C(=O)N(Cc2cccnc2)C1=O. The molecule has 3 heterocycles. The summed E-state index contributed by atoms with van der Waals surface area (Å²) >= 11 is 0. The monoisotopic (exact) mass is 426 g/mol. The smallest absolute Gasteiger partial charge is 0.278 e. The quantitative estimate of drug-likeness (QED) is 0.515. The highest BCUT2D eigenvalue weighted by atomic mass is 16.2. The molecular weight excluding hydrogens is 400 g/mol. The molecule has 32 heavy (non-hydrogen) atoms. The first-order chi connectivity index (χ1) is 15.6. The van der Waals surface area contributed by atoms with Gasteiger partial charge in [-0.15, -0.1) is 0 Å². The lowest BCUT2D eigenvalue weighted by Gasteiger charge is -2.25. The van der Waals surface area contributed by atoms with Gasteiger partial charge >= 0.3 is 0 Å². The molecule has 0 saturated carbocycles. The average Bonchev–Trinajstić information content (AvgIpc) is 3.06. The number of likely N-dealkylation sites (N-methyl/N-ethyl adjacent to an activating group) is 1. The lowest BCUT2D eigenvalue weighted by atomic mass is 10.0. The fourth-order valence-corrected chi connectivity index (χ4v) is 3.90. The molecular formula is C26H26N4O2. The standard InChI is InChI=1S/C26H26N4O2/c1-3-29(16-12-20-10-14-27-15-11-20)24-23(22-8-6-19(2)7-9-22)25(31)30(26(24)32)18-21-5-4-13-28-17-21/h4-11,13-15,17H,3,12,16,18H2,1-2H3. The molecule has 0 fully saturated rings. The molecule has 1 aromatic carbocycles. The summed E-state index contributed by atoms with van der Waals surface area (Å²) in [5.74, 6) is -0.522. The van der Waals surface area contributed by atoms with Crippen LogP contribution >= 0.6 is 0 Å². The molecule has 6 nitrogen and oxygen atoms in total. The van der Waals surface area contributed by atoms with E-state index in [9.17, 15) is 9.59 Å². The fourth-order valence-electron chi connectivity index (χ4n) is 3.90. The van der Waals surface area contributed by atoms with E-state index >= 15 is 0 Å². The molecule has 0 spiro atoms. The summed E-state index contributed by atoms with van der Waals surface area (Å²) in [5.41, 5.74) is 4.76. The van der Waals surface area contributed by atoms with Crippen molar-refractivity contribution in [3.8, 4) is 0 Å². The van der Waals surface area contributed by atoms with Crippen molar-refractivity contribution in [3.05, 3.63) is 101 Å².